The van der Waals surface area contributed by atoms with Crippen LogP contribution in [0.2, 0.25) is 0 Å². The summed E-state index contributed by atoms with van der Waals surface area (Å²) < 4.78 is 0. The van der Waals surface area contributed by atoms with E-state index in [0.717, 1.165) is 52.2 Å². The number of hydrogen-bond acceptors (Lipinski definition) is 4. The Balaban J connectivity index is 1.80. The molecular formula is C13H26N4O. The van der Waals surface area contributed by atoms with E-state index in [1.807, 2.05) is 4.90 Å². The second-order valence-corrected chi connectivity index (χ2v) is 5.55. The number of amides is 1. The van der Waals surface area contributed by atoms with E-state index in [4.69, 9.17) is 0 Å². The summed E-state index contributed by atoms with van der Waals surface area (Å²) in [5, 5.41) is 3.37. The van der Waals surface area contributed by atoms with E-state index >= 15 is 0 Å². The molecule has 1 unspecified atom stereocenters. The maximum Gasteiger partial charge on any atom is 0.236 e. The third kappa shape index (κ3) is 3.67. The molecule has 2 aliphatic heterocycles. The molecule has 1 amide bonds. The molecule has 104 valence electrons. The molecule has 0 bridgehead atoms. The number of nitrogens with one attached hydrogen (secondary N) is 1. The lowest BCUT2D eigenvalue weighted by atomic mass is 10.2. The van der Waals surface area contributed by atoms with Gasteiger partial charge in [-0.1, -0.05) is 0 Å². The van der Waals surface area contributed by atoms with Crippen LogP contribution in [0.1, 0.15) is 13.3 Å². The SMILES string of the molecule is CC1CN(C(=O)CN2CCCNCC2)CCN1C. The lowest BCUT2D eigenvalue weighted by Crippen LogP contribution is -2.54. The molecule has 1 atom stereocenters. The molecule has 2 rings (SSSR count). The Morgan fingerprint density at radius 3 is 2.83 bits per heavy atom. The van der Waals surface area contributed by atoms with Crippen molar-refractivity contribution in [2.45, 2.75) is 19.4 Å². The highest BCUT2D eigenvalue weighted by Gasteiger charge is 2.25. The second-order valence-electron chi connectivity index (χ2n) is 5.55. The van der Waals surface area contributed by atoms with Crippen LogP contribution in [0.3, 0.4) is 0 Å². The number of rotatable bonds is 2. The van der Waals surface area contributed by atoms with E-state index in [1.165, 1.54) is 0 Å². The molecule has 0 aromatic rings. The molecule has 0 aliphatic carbocycles. The average Bonchev–Trinajstić information content (AvgIpc) is 2.61. The molecule has 2 heterocycles. The van der Waals surface area contributed by atoms with Crippen LogP contribution < -0.4 is 5.32 Å². The van der Waals surface area contributed by atoms with Crippen molar-refractivity contribution < 1.29 is 4.79 Å². The minimum Gasteiger partial charge on any atom is -0.339 e. The minimum absolute atomic E-state index is 0.303. The van der Waals surface area contributed by atoms with E-state index in [9.17, 15) is 4.79 Å². The Kier molecular flexibility index (Phi) is 4.97. The Bertz CT molecular complexity index is 276. The van der Waals surface area contributed by atoms with E-state index in [2.05, 4.69) is 29.1 Å². The average molecular weight is 254 g/mol. The zero-order valence-corrected chi connectivity index (χ0v) is 11.7. The third-order valence-electron chi connectivity index (χ3n) is 4.10. The zero-order chi connectivity index (χ0) is 13.0. The van der Waals surface area contributed by atoms with Gasteiger partial charge in [0.1, 0.15) is 0 Å². The summed E-state index contributed by atoms with van der Waals surface area (Å²) in [6, 6.07) is 0.480. The smallest absolute Gasteiger partial charge is 0.236 e. The van der Waals surface area contributed by atoms with Gasteiger partial charge in [0.2, 0.25) is 5.91 Å². The highest BCUT2D eigenvalue weighted by molar-refractivity contribution is 5.78. The maximum atomic E-state index is 12.3. The number of carbonyl (C=O) groups excluding carboxylic acids is 1. The number of hydrogen-bond donors (Lipinski definition) is 1. The fourth-order valence-electron chi connectivity index (χ4n) is 2.63. The molecule has 0 spiro atoms. The number of likely N-dealkylation sites (N-methyl/N-ethyl adjacent to an activating group) is 1. The molecule has 2 fully saturated rings. The van der Waals surface area contributed by atoms with Crippen LogP contribution in [0.15, 0.2) is 0 Å². The van der Waals surface area contributed by atoms with Crippen LogP contribution in [-0.4, -0.2) is 86.1 Å². The summed E-state index contributed by atoms with van der Waals surface area (Å²) in [6.45, 7) is 9.66. The molecule has 0 radical (unpaired) electrons. The lowest BCUT2D eigenvalue weighted by Gasteiger charge is -2.38. The summed E-state index contributed by atoms with van der Waals surface area (Å²) in [4.78, 5) is 18.9. The summed E-state index contributed by atoms with van der Waals surface area (Å²) in [7, 11) is 2.13. The highest BCUT2D eigenvalue weighted by atomic mass is 16.2. The van der Waals surface area contributed by atoms with Gasteiger partial charge in [-0.3, -0.25) is 9.69 Å². The van der Waals surface area contributed by atoms with Crippen LogP contribution in [0.4, 0.5) is 0 Å². The molecule has 1 N–H and O–H groups in total. The van der Waals surface area contributed by atoms with Gasteiger partial charge in [-0.15, -0.1) is 0 Å². The van der Waals surface area contributed by atoms with Gasteiger partial charge in [0.25, 0.3) is 0 Å². The predicted molar refractivity (Wildman–Crippen MR) is 72.6 cm³/mol. The first-order valence-electron chi connectivity index (χ1n) is 7.08. The van der Waals surface area contributed by atoms with Crippen molar-refractivity contribution in [1.29, 1.82) is 0 Å². The van der Waals surface area contributed by atoms with Crippen molar-refractivity contribution in [3.05, 3.63) is 0 Å². The summed E-state index contributed by atoms with van der Waals surface area (Å²) >= 11 is 0. The standard InChI is InChI=1S/C13H26N4O/c1-12-10-17(9-8-15(12)2)13(18)11-16-6-3-4-14-5-7-16/h12,14H,3-11H2,1-2H3. The molecule has 5 heteroatoms. The van der Waals surface area contributed by atoms with Crippen molar-refractivity contribution >= 4 is 5.91 Å². The largest absolute Gasteiger partial charge is 0.339 e. The van der Waals surface area contributed by atoms with Crippen LogP contribution >= 0.6 is 0 Å². The Labute approximate surface area is 110 Å². The Hall–Kier alpha value is -0.650. The van der Waals surface area contributed by atoms with Gasteiger partial charge < -0.3 is 15.1 Å². The van der Waals surface area contributed by atoms with Crippen molar-refractivity contribution in [2.75, 3.05) is 59.4 Å². The molecule has 18 heavy (non-hydrogen) atoms. The first kappa shape index (κ1) is 13.8. The maximum absolute atomic E-state index is 12.3. The quantitative estimate of drug-likeness (QED) is 0.717. The number of piperazine rings is 1. The normalized spacial score (nSPS) is 28.1. The van der Waals surface area contributed by atoms with Crippen molar-refractivity contribution in [1.82, 2.24) is 20.0 Å². The molecular weight excluding hydrogens is 228 g/mol. The van der Waals surface area contributed by atoms with Crippen LogP contribution in [0, 0.1) is 0 Å². The summed E-state index contributed by atoms with van der Waals surface area (Å²) in [5.74, 6) is 0.303. The van der Waals surface area contributed by atoms with Gasteiger partial charge in [-0.2, -0.15) is 0 Å². The molecule has 0 aromatic carbocycles. The lowest BCUT2D eigenvalue weighted by molar-refractivity contribution is -0.135. The van der Waals surface area contributed by atoms with E-state index in [-0.39, 0.29) is 0 Å². The van der Waals surface area contributed by atoms with Gasteiger partial charge >= 0.3 is 0 Å². The fourth-order valence-corrected chi connectivity index (χ4v) is 2.63. The van der Waals surface area contributed by atoms with Gasteiger partial charge in [-0.05, 0) is 33.5 Å². The van der Waals surface area contributed by atoms with Crippen molar-refractivity contribution in [3.63, 3.8) is 0 Å². The van der Waals surface area contributed by atoms with Crippen LogP contribution in [0.25, 0.3) is 0 Å². The van der Waals surface area contributed by atoms with Gasteiger partial charge in [-0.25, -0.2) is 0 Å². The summed E-state index contributed by atoms with van der Waals surface area (Å²) in [6.07, 6.45) is 1.15. The second kappa shape index (κ2) is 6.50. The molecule has 0 saturated carbocycles. The third-order valence-corrected chi connectivity index (χ3v) is 4.10. The number of nitrogens with zero attached hydrogens (tertiary/aromatic N) is 3. The minimum atomic E-state index is 0.303. The van der Waals surface area contributed by atoms with E-state index < -0.39 is 0 Å². The van der Waals surface area contributed by atoms with Gasteiger partial charge in [0, 0.05) is 38.8 Å². The van der Waals surface area contributed by atoms with Gasteiger partial charge in [0.05, 0.1) is 6.54 Å². The Morgan fingerprint density at radius 2 is 2.06 bits per heavy atom. The first-order chi connectivity index (χ1) is 8.66. The topological polar surface area (TPSA) is 38.8 Å². The fraction of sp³-hybridized carbons (Fsp3) is 0.923. The zero-order valence-electron chi connectivity index (χ0n) is 11.7. The van der Waals surface area contributed by atoms with Crippen LogP contribution in [-0.2, 0) is 4.79 Å². The molecule has 0 aromatic heterocycles. The predicted octanol–water partition coefficient (Wildman–Crippen LogP) is -0.556. The molecule has 2 saturated heterocycles. The van der Waals surface area contributed by atoms with Crippen LogP contribution in [0.5, 0.6) is 0 Å². The van der Waals surface area contributed by atoms with Crippen molar-refractivity contribution in [2.24, 2.45) is 0 Å². The van der Waals surface area contributed by atoms with E-state index in [1.54, 1.807) is 0 Å². The monoisotopic (exact) mass is 254 g/mol. The summed E-state index contributed by atoms with van der Waals surface area (Å²) in [5.41, 5.74) is 0. The molecule has 5 nitrogen and oxygen atoms in total. The Morgan fingerprint density at radius 1 is 1.22 bits per heavy atom. The van der Waals surface area contributed by atoms with Gasteiger partial charge in [0.15, 0.2) is 0 Å². The van der Waals surface area contributed by atoms with E-state index in [0.29, 0.717) is 18.5 Å². The highest BCUT2D eigenvalue weighted by Crippen LogP contribution is 2.08. The molecule has 2 aliphatic rings. The number of carbonyl (C=O) groups is 1. The first-order valence-corrected chi connectivity index (χ1v) is 7.08. The van der Waals surface area contributed by atoms with Crippen molar-refractivity contribution in [3.8, 4) is 0 Å².